The topological polar surface area (TPSA) is 78.0 Å². The normalized spacial score (nSPS) is 11.7. The number of aromatic nitrogens is 2. The molecule has 1 unspecified atom stereocenters. The van der Waals surface area contributed by atoms with Gasteiger partial charge in [-0.25, -0.2) is 4.79 Å². The molecule has 1 rings (SSSR count). The van der Waals surface area contributed by atoms with Crippen molar-refractivity contribution >= 4 is 28.6 Å². The van der Waals surface area contributed by atoms with Crippen LogP contribution < -0.4 is 11.4 Å². The molecule has 0 aromatic carbocycles. The lowest BCUT2D eigenvalue weighted by molar-refractivity contribution is -0.120. The predicted octanol–water partition coefficient (Wildman–Crippen LogP) is 2.50. The minimum Gasteiger partial charge on any atom is -0.383 e. The Hall–Kier alpha value is -1.17. The molecule has 1 aromatic rings. The molecular formula is C13H22BrN3O2. The molecule has 5 nitrogen and oxygen atoms in total. The highest BCUT2D eigenvalue weighted by molar-refractivity contribution is 8.93. The number of Topliss-reactive ketones (excluding diaryl/α,β-unsaturated/α-hetero) is 1. The molecule has 0 bridgehead atoms. The second kappa shape index (κ2) is 8.85. The summed E-state index contributed by atoms with van der Waals surface area (Å²) in [6, 6.07) is 1.13. The molecular weight excluding hydrogens is 310 g/mol. The molecule has 2 N–H and O–H groups in total. The average Bonchev–Trinajstić information content (AvgIpc) is 2.30. The van der Waals surface area contributed by atoms with Gasteiger partial charge in [0.2, 0.25) is 0 Å². The van der Waals surface area contributed by atoms with E-state index in [4.69, 9.17) is 5.73 Å². The van der Waals surface area contributed by atoms with E-state index in [-0.39, 0.29) is 28.6 Å². The van der Waals surface area contributed by atoms with E-state index in [2.05, 4.69) is 11.9 Å². The highest BCUT2D eigenvalue weighted by atomic mass is 79.9. The summed E-state index contributed by atoms with van der Waals surface area (Å²) in [5.41, 5.74) is 4.98. The van der Waals surface area contributed by atoms with Gasteiger partial charge >= 0.3 is 5.69 Å². The number of anilines is 1. The Kier molecular flexibility index (Phi) is 8.30. The van der Waals surface area contributed by atoms with E-state index >= 15 is 0 Å². The Morgan fingerprint density at radius 1 is 1.42 bits per heavy atom. The second-order valence-corrected chi connectivity index (χ2v) is 4.52. The summed E-state index contributed by atoms with van der Waals surface area (Å²) in [6.07, 6.45) is 6.55. The molecule has 0 radical (unpaired) electrons. The number of carbonyl (C=O) groups excluding carboxylic acids is 1. The average molecular weight is 332 g/mol. The van der Waals surface area contributed by atoms with Crippen molar-refractivity contribution in [1.82, 2.24) is 9.55 Å². The Morgan fingerprint density at radius 2 is 2.11 bits per heavy atom. The fourth-order valence-electron chi connectivity index (χ4n) is 1.97. The van der Waals surface area contributed by atoms with Gasteiger partial charge in [-0.15, -0.1) is 17.0 Å². The number of unbranched alkanes of at least 4 members (excludes halogenated alkanes) is 3. The van der Waals surface area contributed by atoms with E-state index < -0.39 is 11.7 Å². The van der Waals surface area contributed by atoms with Gasteiger partial charge in [-0.05, 0) is 19.4 Å². The van der Waals surface area contributed by atoms with Crippen LogP contribution in [0.1, 0.15) is 52.0 Å². The number of ketones is 1. The van der Waals surface area contributed by atoms with Crippen LogP contribution in [0.3, 0.4) is 0 Å². The first-order valence-corrected chi connectivity index (χ1v) is 6.41. The first kappa shape index (κ1) is 17.8. The minimum atomic E-state index is -0.453. The van der Waals surface area contributed by atoms with Gasteiger partial charge < -0.3 is 5.73 Å². The monoisotopic (exact) mass is 331 g/mol. The number of hydrogen-bond donors (Lipinski definition) is 1. The number of halogens is 1. The third kappa shape index (κ3) is 5.55. The van der Waals surface area contributed by atoms with Gasteiger partial charge in [0.15, 0.2) is 5.78 Å². The molecule has 1 heterocycles. The fourth-order valence-corrected chi connectivity index (χ4v) is 1.97. The standard InChI is InChI=1S/C13H21N3O2.BrH/c1-3-4-5-6-7-11(10(2)17)16-9-8-12(14)15-13(16)18;/h8-9,11H,3-7H2,1-2H3,(H2,14,15,18);1H. The number of rotatable bonds is 7. The minimum absolute atomic E-state index is 0. The largest absolute Gasteiger partial charge is 0.383 e. The van der Waals surface area contributed by atoms with E-state index in [0.717, 1.165) is 25.7 Å². The maximum atomic E-state index is 11.7. The Balaban J connectivity index is 0.00000324. The van der Waals surface area contributed by atoms with Crippen molar-refractivity contribution in [1.29, 1.82) is 0 Å². The number of nitrogen functional groups attached to an aromatic ring is 1. The van der Waals surface area contributed by atoms with Crippen molar-refractivity contribution in [3.8, 4) is 0 Å². The van der Waals surface area contributed by atoms with Crippen LogP contribution in [0.25, 0.3) is 0 Å². The van der Waals surface area contributed by atoms with Crippen molar-refractivity contribution in [2.45, 2.75) is 52.0 Å². The summed E-state index contributed by atoms with van der Waals surface area (Å²) in [5, 5.41) is 0. The predicted molar refractivity (Wildman–Crippen MR) is 81.7 cm³/mol. The zero-order valence-electron chi connectivity index (χ0n) is 11.5. The van der Waals surface area contributed by atoms with Crippen LogP contribution in [0.2, 0.25) is 0 Å². The van der Waals surface area contributed by atoms with Gasteiger partial charge in [0.05, 0.1) is 6.04 Å². The molecule has 0 aliphatic rings. The summed E-state index contributed by atoms with van der Waals surface area (Å²) in [6.45, 7) is 3.64. The molecule has 0 saturated heterocycles. The van der Waals surface area contributed by atoms with Gasteiger partial charge in [-0.1, -0.05) is 32.6 Å². The van der Waals surface area contributed by atoms with Crippen LogP contribution in [0.5, 0.6) is 0 Å². The molecule has 108 valence electrons. The lowest BCUT2D eigenvalue weighted by Crippen LogP contribution is -2.30. The van der Waals surface area contributed by atoms with Crippen molar-refractivity contribution in [2.24, 2.45) is 0 Å². The first-order valence-electron chi connectivity index (χ1n) is 6.41. The number of hydrogen-bond acceptors (Lipinski definition) is 4. The molecule has 0 amide bonds. The zero-order chi connectivity index (χ0) is 13.5. The van der Waals surface area contributed by atoms with Crippen LogP contribution in [0.4, 0.5) is 5.82 Å². The highest BCUT2D eigenvalue weighted by Crippen LogP contribution is 2.16. The first-order chi connectivity index (χ1) is 8.56. The molecule has 0 aliphatic carbocycles. The van der Waals surface area contributed by atoms with Gasteiger partial charge in [-0.3, -0.25) is 9.36 Å². The van der Waals surface area contributed by atoms with Crippen LogP contribution in [-0.4, -0.2) is 15.3 Å². The summed E-state index contributed by atoms with van der Waals surface area (Å²) in [7, 11) is 0. The fraction of sp³-hybridized carbons (Fsp3) is 0.615. The summed E-state index contributed by atoms with van der Waals surface area (Å²) >= 11 is 0. The van der Waals surface area contributed by atoms with Crippen LogP contribution in [-0.2, 0) is 4.79 Å². The lowest BCUT2D eigenvalue weighted by atomic mass is 10.0. The molecule has 19 heavy (non-hydrogen) atoms. The second-order valence-electron chi connectivity index (χ2n) is 4.52. The van der Waals surface area contributed by atoms with E-state index in [0.29, 0.717) is 6.42 Å². The van der Waals surface area contributed by atoms with E-state index in [1.165, 1.54) is 11.5 Å². The lowest BCUT2D eigenvalue weighted by Gasteiger charge is -2.16. The molecule has 0 fully saturated rings. The molecule has 0 aliphatic heterocycles. The van der Waals surface area contributed by atoms with E-state index in [9.17, 15) is 9.59 Å². The van der Waals surface area contributed by atoms with E-state index in [1.54, 1.807) is 12.3 Å². The van der Waals surface area contributed by atoms with Crippen molar-refractivity contribution in [3.63, 3.8) is 0 Å². The molecule has 0 saturated carbocycles. The van der Waals surface area contributed by atoms with Gasteiger partial charge in [0.25, 0.3) is 0 Å². The number of nitrogens with two attached hydrogens (primary N) is 1. The third-order valence-electron chi connectivity index (χ3n) is 2.99. The third-order valence-corrected chi connectivity index (χ3v) is 2.99. The van der Waals surface area contributed by atoms with Gasteiger partial charge in [0.1, 0.15) is 5.82 Å². The quantitative estimate of drug-likeness (QED) is 0.778. The molecule has 0 spiro atoms. The van der Waals surface area contributed by atoms with Crippen LogP contribution >= 0.6 is 17.0 Å². The number of nitrogens with zero attached hydrogens (tertiary/aromatic N) is 2. The Labute approximate surface area is 124 Å². The smallest absolute Gasteiger partial charge is 0.350 e. The SMILES string of the molecule is Br.CCCCCCC(C(C)=O)n1ccc(N)nc1=O. The maximum absolute atomic E-state index is 11.7. The van der Waals surface area contributed by atoms with Crippen molar-refractivity contribution < 1.29 is 4.79 Å². The van der Waals surface area contributed by atoms with Crippen LogP contribution in [0.15, 0.2) is 17.1 Å². The van der Waals surface area contributed by atoms with Crippen molar-refractivity contribution in [3.05, 3.63) is 22.7 Å². The zero-order valence-corrected chi connectivity index (χ0v) is 13.2. The summed E-state index contributed by atoms with van der Waals surface area (Å²) < 4.78 is 1.38. The van der Waals surface area contributed by atoms with Gasteiger partial charge in [-0.2, -0.15) is 4.98 Å². The molecule has 1 atom stereocenters. The highest BCUT2D eigenvalue weighted by Gasteiger charge is 2.17. The molecule has 1 aromatic heterocycles. The Bertz CT molecular complexity index is 459. The van der Waals surface area contributed by atoms with Crippen molar-refractivity contribution in [2.75, 3.05) is 5.73 Å². The van der Waals surface area contributed by atoms with Gasteiger partial charge in [0, 0.05) is 6.20 Å². The summed E-state index contributed by atoms with van der Waals surface area (Å²) in [5.74, 6) is 0.171. The molecule has 6 heteroatoms. The van der Waals surface area contributed by atoms with E-state index in [1.807, 2.05) is 0 Å². The number of carbonyl (C=O) groups is 1. The summed E-state index contributed by atoms with van der Waals surface area (Å²) in [4.78, 5) is 27.0. The van der Waals surface area contributed by atoms with Crippen LogP contribution in [0, 0.1) is 0 Å². The maximum Gasteiger partial charge on any atom is 0.350 e. The Morgan fingerprint density at radius 3 is 2.63 bits per heavy atom.